The van der Waals surface area contributed by atoms with Crippen molar-refractivity contribution < 1.29 is 23.5 Å². The first-order chi connectivity index (χ1) is 17.1. The van der Waals surface area contributed by atoms with Gasteiger partial charge in [-0.25, -0.2) is 9.18 Å². The lowest BCUT2D eigenvalue weighted by atomic mass is 10.0. The molecule has 3 amide bonds. The van der Waals surface area contributed by atoms with Gasteiger partial charge in [-0.1, -0.05) is 38.1 Å². The number of benzene rings is 1. The van der Waals surface area contributed by atoms with Gasteiger partial charge in [-0.05, 0) is 55.7 Å². The lowest BCUT2D eigenvalue weighted by molar-refractivity contribution is -0.151. The van der Waals surface area contributed by atoms with Crippen LogP contribution >= 0.6 is 11.3 Å². The minimum Gasteiger partial charge on any atom is -0.461 e. The Morgan fingerprint density at radius 1 is 1.19 bits per heavy atom. The smallest absolute Gasteiger partial charge is 0.323 e. The maximum atomic E-state index is 14.8. The molecule has 2 aromatic rings. The van der Waals surface area contributed by atoms with E-state index in [1.54, 1.807) is 24.3 Å². The molecule has 1 aliphatic rings. The second kappa shape index (κ2) is 12.6. The minimum absolute atomic E-state index is 0.0159. The van der Waals surface area contributed by atoms with Gasteiger partial charge in [0.15, 0.2) is 0 Å². The van der Waals surface area contributed by atoms with Crippen LogP contribution in [0.15, 0.2) is 30.3 Å². The van der Waals surface area contributed by atoms with Gasteiger partial charge < -0.3 is 21.5 Å². The SMILES string of the molecule is CC(C)C[C@H](NCC=Cc1ccc(-c2cc(C(N)=O)c(NC(N)=O)s2)cc1F)C(=O)OC1CCCC1. The molecule has 6 N–H and O–H groups in total. The van der Waals surface area contributed by atoms with Crippen LogP contribution in [0.4, 0.5) is 14.2 Å². The molecule has 1 aliphatic carbocycles. The number of anilines is 1. The van der Waals surface area contributed by atoms with Gasteiger partial charge in [0.05, 0.1) is 5.56 Å². The predicted molar refractivity (Wildman–Crippen MR) is 140 cm³/mol. The molecule has 1 heterocycles. The number of nitrogens with one attached hydrogen (secondary N) is 2. The number of hydrogen-bond donors (Lipinski definition) is 4. The van der Waals surface area contributed by atoms with Crippen molar-refractivity contribution in [2.45, 2.75) is 58.1 Å². The van der Waals surface area contributed by atoms with Crippen LogP contribution in [0.2, 0.25) is 0 Å². The van der Waals surface area contributed by atoms with Gasteiger partial charge in [0.25, 0.3) is 5.91 Å². The first-order valence-electron chi connectivity index (χ1n) is 12.0. The highest BCUT2D eigenvalue weighted by Gasteiger charge is 2.25. The van der Waals surface area contributed by atoms with E-state index in [9.17, 15) is 18.8 Å². The first kappa shape index (κ1) is 27.3. The second-order valence-corrected chi connectivity index (χ2v) is 10.3. The van der Waals surface area contributed by atoms with Crippen LogP contribution in [-0.4, -0.2) is 36.6 Å². The van der Waals surface area contributed by atoms with Crippen molar-refractivity contribution >= 4 is 40.3 Å². The van der Waals surface area contributed by atoms with E-state index in [0.717, 1.165) is 37.0 Å². The van der Waals surface area contributed by atoms with Gasteiger partial charge >= 0.3 is 12.0 Å². The molecule has 0 radical (unpaired) electrons. The Kier molecular flexibility index (Phi) is 9.60. The van der Waals surface area contributed by atoms with Crippen molar-refractivity contribution in [3.05, 3.63) is 47.3 Å². The lowest BCUT2D eigenvalue weighted by Crippen LogP contribution is -2.40. The molecule has 1 aromatic heterocycles. The summed E-state index contributed by atoms with van der Waals surface area (Å²) in [5, 5.41) is 5.79. The fraction of sp³-hybridized carbons (Fsp3) is 0.423. The first-order valence-corrected chi connectivity index (χ1v) is 12.9. The van der Waals surface area contributed by atoms with Crippen LogP contribution in [0.1, 0.15) is 61.9 Å². The van der Waals surface area contributed by atoms with Gasteiger partial charge in [-0.3, -0.25) is 14.9 Å². The summed E-state index contributed by atoms with van der Waals surface area (Å²) in [5.41, 5.74) is 11.5. The topological polar surface area (TPSA) is 137 Å². The maximum Gasteiger partial charge on any atom is 0.323 e. The third kappa shape index (κ3) is 7.63. The normalized spacial score (nSPS) is 14.9. The minimum atomic E-state index is -0.825. The van der Waals surface area contributed by atoms with Crippen molar-refractivity contribution in [3.8, 4) is 10.4 Å². The number of ether oxygens (including phenoxy) is 1. The molecule has 0 aliphatic heterocycles. The fourth-order valence-corrected chi connectivity index (χ4v) is 5.18. The fourth-order valence-electron chi connectivity index (χ4n) is 4.12. The molecule has 0 saturated heterocycles. The molecule has 10 heteroatoms. The maximum absolute atomic E-state index is 14.8. The number of carbonyl (C=O) groups is 3. The molecule has 3 rings (SSSR count). The third-order valence-corrected chi connectivity index (χ3v) is 6.97. The highest BCUT2D eigenvalue weighted by atomic mass is 32.1. The van der Waals surface area contributed by atoms with Gasteiger partial charge in [-0.2, -0.15) is 0 Å². The van der Waals surface area contributed by atoms with Gasteiger partial charge in [0, 0.05) is 17.0 Å². The summed E-state index contributed by atoms with van der Waals surface area (Å²) in [6.07, 6.45) is 8.12. The number of halogens is 1. The zero-order valence-corrected chi connectivity index (χ0v) is 21.3. The molecule has 194 valence electrons. The van der Waals surface area contributed by atoms with Crippen LogP contribution in [0.5, 0.6) is 0 Å². The standard InChI is InChI=1S/C26H33FN4O4S/c1-15(2)12-21(25(33)35-18-7-3-4-8-18)30-11-5-6-16-9-10-17(13-20(16)27)22-14-19(23(28)32)24(36-22)31-26(29)34/h5-6,9-10,13-15,18,21,30H,3-4,7-8,11-12H2,1-2H3,(H2,28,32)(H3,29,31,34)/t21-/m0/s1. The summed E-state index contributed by atoms with van der Waals surface area (Å²) in [6.45, 7) is 4.49. The van der Waals surface area contributed by atoms with Crippen LogP contribution in [0.3, 0.4) is 0 Å². The molecule has 1 aromatic carbocycles. The number of urea groups is 1. The lowest BCUT2D eigenvalue weighted by Gasteiger charge is -2.21. The third-order valence-electron chi connectivity index (χ3n) is 5.88. The molecule has 1 fully saturated rings. The summed E-state index contributed by atoms with van der Waals surface area (Å²) in [4.78, 5) is 36.0. The second-order valence-electron chi connectivity index (χ2n) is 9.28. The summed E-state index contributed by atoms with van der Waals surface area (Å²) >= 11 is 1.08. The number of amides is 3. The monoisotopic (exact) mass is 516 g/mol. The van der Waals surface area contributed by atoms with Crippen molar-refractivity contribution in [3.63, 3.8) is 0 Å². The molecule has 36 heavy (non-hydrogen) atoms. The Morgan fingerprint density at radius 2 is 1.92 bits per heavy atom. The number of thiophene rings is 1. The highest BCUT2D eigenvalue weighted by molar-refractivity contribution is 7.20. The van der Waals surface area contributed by atoms with Gasteiger partial charge in [-0.15, -0.1) is 11.3 Å². The van der Waals surface area contributed by atoms with E-state index in [1.165, 1.54) is 12.1 Å². The average Bonchev–Trinajstić information content (AvgIpc) is 3.46. The van der Waals surface area contributed by atoms with Crippen LogP contribution < -0.4 is 22.1 Å². The van der Waals surface area contributed by atoms with Crippen molar-refractivity contribution in [2.75, 3.05) is 11.9 Å². The molecule has 0 unspecified atom stereocenters. The number of hydrogen-bond acceptors (Lipinski definition) is 6. The van der Waals surface area contributed by atoms with E-state index in [-0.39, 0.29) is 22.6 Å². The Labute approximate surface area is 214 Å². The summed E-state index contributed by atoms with van der Waals surface area (Å²) in [6, 6.07) is 4.93. The number of carbonyl (C=O) groups excluding carboxylic acids is 3. The van der Waals surface area contributed by atoms with Crippen molar-refractivity contribution in [1.82, 2.24) is 5.32 Å². The molecule has 1 atom stereocenters. The number of primary amides is 2. The Bertz CT molecular complexity index is 1130. The molecule has 0 bridgehead atoms. The summed E-state index contributed by atoms with van der Waals surface area (Å²) in [7, 11) is 0. The van der Waals surface area contributed by atoms with Crippen molar-refractivity contribution in [2.24, 2.45) is 17.4 Å². The Balaban J connectivity index is 1.64. The molecular weight excluding hydrogens is 483 g/mol. The zero-order chi connectivity index (χ0) is 26.2. The molecule has 1 saturated carbocycles. The molecule has 8 nitrogen and oxygen atoms in total. The van der Waals surface area contributed by atoms with E-state index < -0.39 is 23.8 Å². The number of nitrogens with two attached hydrogens (primary N) is 2. The van der Waals surface area contributed by atoms with Crippen LogP contribution in [0.25, 0.3) is 16.5 Å². The Morgan fingerprint density at radius 3 is 2.53 bits per heavy atom. The van der Waals surface area contributed by atoms with Gasteiger partial charge in [0.2, 0.25) is 0 Å². The van der Waals surface area contributed by atoms with E-state index in [2.05, 4.69) is 24.5 Å². The molecular formula is C26H33FN4O4S. The van der Waals surface area contributed by atoms with Crippen molar-refractivity contribution in [1.29, 1.82) is 0 Å². The Hall–Kier alpha value is -3.24. The van der Waals surface area contributed by atoms with E-state index in [4.69, 9.17) is 16.2 Å². The van der Waals surface area contributed by atoms with E-state index >= 15 is 0 Å². The van der Waals surface area contributed by atoms with Crippen LogP contribution in [0, 0.1) is 11.7 Å². The highest BCUT2D eigenvalue weighted by Crippen LogP contribution is 2.36. The van der Waals surface area contributed by atoms with E-state index in [0.29, 0.717) is 34.9 Å². The number of rotatable bonds is 11. The molecule has 0 spiro atoms. The average molecular weight is 517 g/mol. The summed E-state index contributed by atoms with van der Waals surface area (Å²) < 4.78 is 20.5. The quantitative estimate of drug-likeness (QED) is 0.322. The largest absolute Gasteiger partial charge is 0.461 e. The number of esters is 1. The van der Waals surface area contributed by atoms with E-state index in [1.807, 2.05) is 0 Å². The van der Waals surface area contributed by atoms with Crippen LogP contribution in [-0.2, 0) is 9.53 Å². The predicted octanol–water partition coefficient (Wildman–Crippen LogP) is 4.65. The summed E-state index contributed by atoms with van der Waals surface area (Å²) in [5.74, 6) is -1.09. The zero-order valence-electron chi connectivity index (χ0n) is 20.5. The van der Waals surface area contributed by atoms with Gasteiger partial charge in [0.1, 0.15) is 23.0 Å².